The molecule has 0 bridgehead atoms. The van der Waals surface area contributed by atoms with Crippen molar-refractivity contribution >= 4 is 17.6 Å². The van der Waals surface area contributed by atoms with Gasteiger partial charge in [-0.15, -0.1) is 11.8 Å². The van der Waals surface area contributed by atoms with E-state index in [0.717, 1.165) is 22.3 Å². The predicted octanol–water partition coefficient (Wildman–Crippen LogP) is 2.21. The molecule has 1 aromatic heterocycles. The summed E-state index contributed by atoms with van der Waals surface area (Å²) in [4.78, 5) is 8.28. The van der Waals surface area contributed by atoms with E-state index >= 15 is 0 Å². The Bertz CT molecular complexity index is 314. The maximum absolute atomic E-state index is 5.35. The Morgan fingerprint density at radius 1 is 1.47 bits per heavy atom. The van der Waals surface area contributed by atoms with Crippen molar-refractivity contribution in [2.45, 2.75) is 32.2 Å². The molecule has 0 aliphatic rings. The molecule has 15 heavy (non-hydrogen) atoms. The number of nitrogens with two attached hydrogens (primary N) is 1. The molecule has 0 fully saturated rings. The van der Waals surface area contributed by atoms with Crippen LogP contribution in [-0.2, 0) is 0 Å². The van der Waals surface area contributed by atoms with Gasteiger partial charge in [0.25, 0.3) is 0 Å². The highest BCUT2D eigenvalue weighted by Crippen LogP contribution is 2.24. The standard InChI is InChI=1S/C10H18N4S/c1-7(2)4-5-15-10-8(3)9(14-11)12-6-13-10/h6-7H,4-5,11H2,1-3H3,(H,12,13,14). The molecule has 3 N–H and O–H groups in total. The van der Waals surface area contributed by atoms with E-state index in [2.05, 4.69) is 29.2 Å². The number of hydrogen-bond acceptors (Lipinski definition) is 5. The minimum Gasteiger partial charge on any atom is -0.308 e. The van der Waals surface area contributed by atoms with E-state index in [-0.39, 0.29) is 0 Å². The number of hydrogen-bond donors (Lipinski definition) is 2. The van der Waals surface area contributed by atoms with Crippen molar-refractivity contribution in [2.75, 3.05) is 11.2 Å². The normalized spacial score (nSPS) is 10.7. The number of aromatic nitrogens is 2. The fourth-order valence-corrected chi connectivity index (χ4v) is 2.33. The van der Waals surface area contributed by atoms with Gasteiger partial charge in [0.15, 0.2) is 0 Å². The van der Waals surface area contributed by atoms with Gasteiger partial charge in [-0.2, -0.15) is 0 Å². The van der Waals surface area contributed by atoms with Crippen LogP contribution in [0.5, 0.6) is 0 Å². The molecule has 0 aliphatic heterocycles. The van der Waals surface area contributed by atoms with Crippen molar-refractivity contribution < 1.29 is 0 Å². The summed E-state index contributed by atoms with van der Waals surface area (Å²) >= 11 is 1.76. The number of nitrogen functional groups attached to an aromatic ring is 1. The second-order valence-electron chi connectivity index (χ2n) is 3.83. The highest BCUT2D eigenvalue weighted by molar-refractivity contribution is 7.99. The molecule has 0 radical (unpaired) electrons. The van der Waals surface area contributed by atoms with E-state index in [4.69, 9.17) is 5.84 Å². The quantitative estimate of drug-likeness (QED) is 0.349. The van der Waals surface area contributed by atoms with E-state index in [0.29, 0.717) is 5.82 Å². The van der Waals surface area contributed by atoms with E-state index < -0.39 is 0 Å². The molecule has 0 saturated carbocycles. The predicted molar refractivity (Wildman–Crippen MR) is 64.8 cm³/mol. The summed E-state index contributed by atoms with van der Waals surface area (Å²) in [5.74, 6) is 7.86. The summed E-state index contributed by atoms with van der Waals surface area (Å²) in [5.41, 5.74) is 3.59. The second-order valence-corrected chi connectivity index (χ2v) is 4.91. The van der Waals surface area contributed by atoms with Crippen LogP contribution in [0.1, 0.15) is 25.8 Å². The molecule has 84 valence electrons. The lowest BCUT2D eigenvalue weighted by atomic mass is 10.2. The van der Waals surface area contributed by atoms with Gasteiger partial charge in [0.1, 0.15) is 17.2 Å². The van der Waals surface area contributed by atoms with Crippen molar-refractivity contribution in [3.05, 3.63) is 11.9 Å². The van der Waals surface area contributed by atoms with Gasteiger partial charge < -0.3 is 5.43 Å². The van der Waals surface area contributed by atoms with E-state index in [1.807, 2.05) is 6.92 Å². The minimum absolute atomic E-state index is 0.706. The van der Waals surface area contributed by atoms with Crippen molar-refractivity contribution in [1.82, 2.24) is 9.97 Å². The Labute approximate surface area is 95.0 Å². The number of hydrazine groups is 1. The zero-order valence-corrected chi connectivity index (χ0v) is 10.3. The van der Waals surface area contributed by atoms with Crippen molar-refractivity contribution in [3.63, 3.8) is 0 Å². The Hall–Kier alpha value is -0.810. The van der Waals surface area contributed by atoms with Crippen molar-refractivity contribution in [3.8, 4) is 0 Å². The van der Waals surface area contributed by atoms with Gasteiger partial charge in [0.05, 0.1) is 0 Å². The van der Waals surface area contributed by atoms with Gasteiger partial charge >= 0.3 is 0 Å². The first-order chi connectivity index (χ1) is 7.15. The summed E-state index contributed by atoms with van der Waals surface area (Å²) in [6, 6.07) is 0. The molecule has 1 heterocycles. The molecule has 1 aromatic rings. The summed E-state index contributed by atoms with van der Waals surface area (Å²) < 4.78 is 0. The Balaban J connectivity index is 2.61. The van der Waals surface area contributed by atoms with Crippen LogP contribution in [0, 0.1) is 12.8 Å². The van der Waals surface area contributed by atoms with Crippen LogP contribution in [0.25, 0.3) is 0 Å². The third kappa shape index (κ3) is 3.68. The van der Waals surface area contributed by atoms with Gasteiger partial charge in [0, 0.05) is 5.56 Å². The number of nitrogens with one attached hydrogen (secondary N) is 1. The Morgan fingerprint density at radius 2 is 2.20 bits per heavy atom. The molecular formula is C10H18N4S. The SMILES string of the molecule is Cc1c(NN)ncnc1SCCC(C)C. The molecule has 1 rings (SSSR count). The Kier molecular flexibility index (Phi) is 4.84. The molecule has 0 amide bonds. The molecule has 0 spiro atoms. The first-order valence-electron chi connectivity index (χ1n) is 5.06. The molecule has 0 unspecified atom stereocenters. The smallest absolute Gasteiger partial charge is 0.147 e. The molecule has 0 aliphatic carbocycles. The van der Waals surface area contributed by atoms with Crippen LogP contribution in [0.3, 0.4) is 0 Å². The van der Waals surface area contributed by atoms with Crippen LogP contribution in [0.2, 0.25) is 0 Å². The fraction of sp³-hybridized carbons (Fsp3) is 0.600. The maximum Gasteiger partial charge on any atom is 0.147 e. The average molecular weight is 226 g/mol. The molecule has 4 nitrogen and oxygen atoms in total. The Morgan fingerprint density at radius 3 is 2.80 bits per heavy atom. The lowest BCUT2D eigenvalue weighted by molar-refractivity contribution is 0.632. The number of rotatable bonds is 5. The van der Waals surface area contributed by atoms with Crippen molar-refractivity contribution in [2.24, 2.45) is 11.8 Å². The first kappa shape index (κ1) is 12.3. The highest BCUT2D eigenvalue weighted by Gasteiger charge is 2.06. The first-order valence-corrected chi connectivity index (χ1v) is 6.04. The van der Waals surface area contributed by atoms with Gasteiger partial charge in [-0.3, -0.25) is 0 Å². The van der Waals surface area contributed by atoms with Crippen molar-refractivity contribution in [1.29, 1.82) is 0 Å². The summed E-state index contributed by atoms with van der Waals surface area (Å²) in [7, 11) is 0. The highest BCUT2D eigenvalue weighted by atomic mass is 32.2. The van der Waals surface area contributed by atoms with Gasteiger partial charge in [0.2, 0.25) is 0 Å². The minimum atomic E-state index is 0.706. The molecule has 0 aromatic carbocycles. The number of anilines is 1. The van der Waals surface area contributed by atoms with Gasteiger partial charge in [-0.25, -0.2) is 15.8 Å². The molecule has 0 saturated heterocycles. The summed E-state index contributed by atoms with van der Waals surface area (Å²) in [6.45, 7) is 6.42. The van der Waals surface area contributed by atoms with Crippen LogP contribution in [0.15, 0.2) is 11.4 Å². The van der Waals surface area contributed by atoms with E-state index in [9.17, 15) is 0 Å². The fourth-order valence-electron chi connectivity index (χ4n) is 1.12. The molecule has 0 atom stereocenters. The van der Waals surface area contributed by atoms with Crippen LogP contribution < -0.4 is 11.3 Å². The van der Waals surface area contributed by atoms with Crippen LogP contribution in [0.4, 0.5) is 5.82 Å². The summed E-state index contributed by atoms with van der Waals surface area (Å²) in [5, 5.41) is 1.01. The number of thioether (sulfide) groups is 1. The molecule has 5 heteroatoms. The lowest BCUT2D eigenvalue weighted by Gasteiger charge is -2.08. The van der Waals surface area contributed by atoms with Gasteiger partial charge in [-0.05, 0) is 25.0 Å². The zero-order chi connectivity index (χ0) is 11.3. The lowest BCUT2D eigenvalue weighted by Crippen LogP contribution is -2.11. The topological polar surface area (TPSA) is 63.8 Å². The maximum atomic E-state index is 5.35. The third-order valence-electron chi connectivity index (χ3n) is 2.11. The second kappa shape index (κ2) is 5.92. The van der Waals surface area contributed by atoms with Crippen LogP contribution >= 0.6 is 11.8 Å². The summed E-state index contributed by atoms with van der Waals surface area (Å²) in [6.07, 6.45) is 2.74. The van der Waals surface area contributed by atoms with Gasteiger partial charge in [-0.1, -0.05) is 13.8 Å². The van der Waals surface area contributed by atoms with Crippen LogP contribution in [-0.4, -0.2) is 15.7 Å². The average Bonchev–Trinajstić information content (AvgIpc) is 2.20. The zero-order valence-electron chi connectivity index (χ0n) is 9.45. The largest absolute Gasteiger partial charge is 0.308 e. The monoisotopic (exact) mass is 226 g/mol. The molecular weight excluding hydrogens is 208 g/mol. The third-order valence-corrected chi connectivity index (χ3v) is 3.23. The van der Waals surface area contributed by atoms with E-state index in [1.165, 1.54) is 6.42 Å². The number of nitrogens with zero attached hydrogens (tertiary/aromatic N) is 2. The van der Waals surface area contributed by atoms with E-state index in [1.54, 1.807) is 18.1 Å².